The first-order chi connectivity index (χ1) is 12.8. The summed E-state index contributed by atoms with van der Waals surface area (Å²) in [7, 11) is 1.66. The van der Waals surface area contributed by atoms with Crippen molar-refractivity contribution in [2.75, 3.05) is 79.5 Å². The van der Waals surface area contributed by atoms with Crippen molar-refractivity contribution in [2.24, 2.45) is 5.92 Å². The Balaban J connectivity index is 1.49. The van der Waals surface area contributed by atoms with Crippen LogP contribution in [0.5, 0.6) is 0 Å². The summed E-state index contributed by atoms with van der Waals surface area (Å²) in [5.41, 5.74) is 0. The van der Waals surface area contributed by atoms with Crippen LogP contribution in [0.3, 0.4) is 0 Å². The highest BCUT2D eigenvalue weighted by molar-refractivity contribution is 4.88. The zero-order chi connectivity index (χ0) is 18.5. The number of piperidine rings is 1. The minimum atomic E-state index is -0.101. The molecule has 1 heterocycles. The number of rotatable bonds is 15. The molecule has 0 aromatic carbocycles. The van der Waals surface area contributed by atoms with Gasteiger partial charge in [-0.05, 0) is 44.7 Å². The molecule has 1 saturated carbocycles. The van der Waals surface area contributed by atoms with Gasteiger partial charge < -0.3 is 29.4 Å². The maximum atomic E-state index is 9.63. The van der Waals surface area contributed by atoms with E-state index in [1.54, 1.807) is 7.11 Å². The average Bonchev–Trinajstić information content (AvgIpc) is 2.63. The van der Waals surface area contributed by atoms with Gasteiger partial charge in [-0.15, -0.1) is 0 Å². The first kappa shape index (κ1) is 22.0. The molecule has 7 nitrogen and oxygen atoms in total. The Morgan fingerprint density at radius 2 is 1.46 bits per heavy atom. The molecule has 1 saturated heterocycles. The van der Waals surface area contributed by atoms with Crippen LogP contribution in [0.4, 0.5) is 0 Å². The zero-order valence-electron chi connectivity index (χ0n) is 16.4. The van der Waals surface area contributed by atoms with E-state index >= 15 is 0 Å². The van der Waals surface area contributed by atoms with Crippen LogP contribution >= 0.6 is 0 Å². The number of nitrogens with one attached hydrogen (secondary N) is 1. The van der Waals surface area contributed by atoms with Crippen LogP contribution < -0.4 is 5.32 Å². The van der Waals surface area contributed by atoms with Crippen molar-refractivity contribution in [1.29, 1.82) is 0 Å². The lowest BCUT2D eigenvalue weighted by Gasteiger charge is -2.42. The molecule has 2 fully saturated rings. The molecular formula is C19H38N2O5. The van der Waals surface area contributed by atoms with Gasteiger partial charge in [-0.25, -0.2) is 0 Å². The summed E-state index contributed by atoms with van der Waals surface area (Å²) in [6.45, 7) is 8.71. The van der Waals surface area contributed by atoms with Crippen molar-refractivity contribution >= 4 is 0 Å². The second-order valence-corrected chi connectivity index (χ2v) is 7.30. The van der Waals surface area contributed by atoms with Gasteiger partial charge in [0.25, 0.3) is 0 Å². The third kappa shape index (κ3) is 9.08. The quantitative estimate of drug-likeness (QED) is 0.405. The molecule has 0 atom stereocenters. The van der Waals surface area contributed by atoms with Gasteiger partial charge in [-0.3, -0.25) is 4.90 Å². The molecular weight excluding hydrogens is 336 g/mol. The predicted octanol–water partition coefficient (Wildman–Crippen LogP) is 0.508. The molecule has 2 aliphatic rings. The molecule has 1 aliphatic heterocycles. The smallest absolute Gasteiger partial charge is 0.0701 e. The lowest BCUT2D eigenvalue weighted by Crippen LogP contribution is -2.50. The maximum absolute atomic E-state index is 9.63. The molecule has 0 unspecified atom stereocenters. The Hall–Kier alpha value is -0.280. The Morgan fingerprint density at radius 3 is 2.04 bits per heavy atom. The topological polar surface area (TPSA) is 72.4 Å². The molecule has 2 rings (SSSR count). The lowest BCUT2D eigenvalue weighted by atomic mass is 9.86. The Morgan fingerprint density at radius 1 is 0.885 bits per heavy atom. The van der Waals surface area contributed by atoms with E-state index < -0.39 is 0 Å². The number of nitrogens with zero attached hydrogens (tertiary/aromatic N) is 1. The second kappa shape index (κ2) is 13.8. The van der Waals surface area contributed by atoms with E-state index in [0.29, 0.717) is 45.7 Å². The largest absolute Gasteiger partial charge is 0.393 e. The van der Waals surface area contributed by atoms with Gasteiger partial charge in [-0.1, -0.05) is 0 Å². The molecule has 1 aliphatic carbocycles. The van der Waals surface area contributed by atoms with Crippen LogP contribution in [0, 0.1) is 5.92 Å². The van der Waals surface area contributed by atoms with Gasteiger partial charge in [0.1, 0.15) is 0 Å². The highest BCUT2D eigenvalue weighted by atomic mass is 16.6. The van der Waals surface area contributed by atoms with E-state index in [4.69, 9.17) is 18.9 Å². The van der Waals surface area contributed by atoms with E-state index in [-0.39, 0.29) is 6.10 Å². The third-order valence-corrected chi connectivity index (χ3v) is 5.25. The van der Waals surface area contributed by atoms with Crippen molar-refractivity contribution in [1.82, 2.24) is 10.2 Å². The molecule has 7 heteroatoms. The normalized spacial score (nSPS) is 24.1. The van der Waals surface area contributed by atoms with Crippen molar-refractivity contribution in [3.8, 4) is 0 Å². The van der Waals surface area contributed by atoms with Gasteiger partial charge >= 0.3 is 0 Å². The fraction of sp³-hybridized carbons (Fsp3) is 1.00. The predicted molar refractivity (Wildman–Crippen MR) is 101 cm³/mol. The molecule has 0 aromatic heterocycles. The van der Waals surface area contributed by atoms with E-state index in [2.05, 4.69) is 10.2 Å². The van der Waals surface area contributed by atoms with Crippen LogP contribution in [0.15, 0.2) is 0 Å². The minimum absolute atomic E-state index is 0.101. The van der Waals surface area contributed by atoms with Crippen LogP contribution in [0.2, 0.25) is 0 Å². The molecule has 0 aromatic rings. The Kier molecular flexibility index (Phi) is 11.7. The lowest BCUT2D eigenvalue weighted by molar-refractivity contribution is -0.0267. The average molecular weight is 375 g/mol. The number of hydrogen-bond donors (Lipinski definition) is 2. The molecule has 154 valence electrons. The van der Waals surface area contributed by atoms with Gasteiger partial charge in [0.05, 0.1) is 52.4 Å². The molecule has 0 amide bonds. The summed E-state index contributed by atoms with van der Waals surface area (Å²) in [5, 5.41) is 13.1. The van der Waals surface area contributed by atoms with E-state index in [1.165, 1.54) is 12.8 Å². The first-order valence-corrected chi connectivity index (χ1v) is 10.1. The monoisotopic (exact) mass is 374 g/mol. The molecule has 26 heavy (non-hydrogen) atoms. The fourth-order valence-corrected chi connectivity index (χ4v) is 3.54. The summed E-state index contributed by atoms with van der Waals surface area (Å²) in [4.78, 5) is 2.53. The zero-order valence-corrected chi connectivity index (χ0v) is 16.4. The summed E-state index contributed by atoms with van der Waals surface area (Å²) >= 11 is 0. The van der Waals surface area contributed by atoms with Gasteiger partial charge in [0.15, 0.2) is 0 Å². The van der Waals surface area contributed by atoms with Crippen molar-refractivity contribution in [3.63, 3.8) is 0 Å². The summed E-state index contributed by atoms with van der Waals surface area (Å²) in [5.74, 6) is 0.774. The second-order valence-electron chi connectivity index (χ2n) is 7.30. The molecule has 0 bridgehead atoms. The summed E-state index contributed by atoms with van der Waals surface area (Å²) < 4.78 is 21.5. The van der Waals surface area contributed by atoms with Crippen molar-refractivity contribution in [3.05, 3.63) is 0 Å². The fourth-order valence-electron chi connectivity index (χ4n) is 3.54. The van der Waals surface area contributed by atoms with Gasteiger partial charge in [-0.2, -0.15) is 0 Å². The summed E-state index contributed by atoms with van der Waals surface area (Å²) in [6.07, 6.45) is 4.24. The maximum Gasteiger partial charge on any atom is 0.0701 e. The first-order valence-electron chi connectivity index (χ1n) is 10.1. The minimum Gasteiger partial charge on any atom is -0.393 e. The van der Waals surface area contributed by atoms with Crippen LogP contribution in [0.25, 0.3) is 0 Å². The van der Waals surface area contributed by atoms with Crippen molar-refractivity contribution in [2.45, 2.75) is 37.8 Å². The number of methoxy groups -OCH3 is 1. The number of hydrogen-bond acceptors (Lipinski definition) is 7. The number of aliphatic hydroxyl groups is 1. The Labute approximate surface area is 158 Å². The van der Waals surface area contributed by atoms with Gasteiger partial charge in [0, 0.05) is 26.2 Å². The van der Waals surface area contributed by atoms with Crippen molar-refractivity contribution < 1.29 is 24.1 Å². The molecule has 0 radical (unpaired) electrons. The van der Waals surface area contributed by atoms with Crippen LogP contribution in [-0.2, 0) is 18.9 Å². The number of aliphatic hydroxyl groups excluding tert-OH is 1. The van der Waals surface area contributed by atoms with E-state index in [9.17, 15) is 5.11 Å². The van der Waals surface area contributed by atoms with E-state index in [1.807, 2.05) is 0 Å². The molecule has 0 spiro atoms. The standard InChI is InChI=1S/C19H38N2O5/c1-23-8-9-25-12-13-26-11-10-24-7-6-21(18-14-19(22)15-18)16-17-2-4-20-5-3-17/h17-20,22H,2-16H2,1H3. The molecule has 2 N–H and O–H groups in total. The SMILES string of the molecule is COCCOCCOCCOCCN(CC1CCNCC1)C1CC(O)C1. The number of ether oxygens (including phenoxy) is 4. The highest BCUT2D eigenvalue weighted by Crippen LogP contribution is 2.27. The highest BCUT2D eigenvalue weighted by Gasteiger charge is 2.33. The van der Waals surface area contributed by atoms with Gasteiger partial charge in [0.2, 0.25) is 0 Å². The third-order valence-electron chi connectivity index (χ3n) is 5.25. The van der Waals surface area contributed by atoms with E-state index in [0.717, 1.165) is 51.5 Å². The Bertz CT molecular complexity index is 336. The summed E-state index contributed by atoms with van der Waals surface area (Å²) in [6, 6.07) is 0.531. The van der Waals surface area contributed by atoms with Crippen LogP contribution in [-0.4, -0.2) is 102 Å². The van der Waals surface area contributed by atoms with Crippen LogP contribution in [0.1, 0.15) is 25.7 Å².